The molecule has 0 atom stereocenters. The fourth-order valence-corrected chi connectivity index (χ4v) is 3.25. The first kappa shape index (κ1) is 21.7. The van der Waals surface area contributed by atoms with Gasteiger partial charge in [-0.15, -0.1) is 0 Å². The average molecular weight is 444 g/mol. The molecule has 3 rings (SSSR count). The van der Waals surface area contributed by atoms with Gasteiger partial charge in [-0.25, -0.2) is 4.79 Å². The van der Waals surface area contributed by atoms with E-state index >= 15 is 0 Å². The molecule has 0 unspecified atom stereocenters. The largest absolute Gasteiger partial charge is 0.486 e. The van der Waals surface area contributed by atoms with Crippen LogP contribution in [0.25, 0.3) is 6.08 Å². The van der Waals surface area contributed by atoms with Crippen LogP contribution in [0, 0.1) is 0 Å². The van der Waals surface area contributed by atoms with Crippen molar-refractivity contribution in [3.63, 3.8) is 0 Å². The van der Waals surface area contributed by atoms with Gasteiger partial charge < -0.3 is 14.6 Å². The normalized spacial score (nSPS) is 11.2. The molecule has 7 heteroatoms. The lowest BCUT2D eigenvalue weighted by Gasteiger charge is -2.13. The number of benzene rings is 2. The van der Waals surface area contributed by atoms with Crippen molar-refractivity contribution >= 4 is 35.2 Å². The standard InChI is InChI=1S/C23H19Cl2NO4/c24-19-9-5-10-20(25)22(19)30-15-17-7-2-1-6-16(17)11-13-29-21(23(27)28)14-18-8-3-4-12-26-18/h1-10,12,14H,11,13,15H2,(H,27,28). The number of para-hydroxylation sites is 1. The van der Waals surface area contributed by atoms with Crippen LogP contribution in [-0.2, 0) is 22.6 Å². The zero-order chi connectivity index (χ0) is 21.3. The van der Waals surface area contributed by atoms with Gasteiger partial charge in [-0.1, -0.05) is 59.6 Å². The molecule has 2 aromatic carbocycles. The maximum atomic E-state index is 11.5. The Morgan fingerprint density at radius 2 is 1.67 bits per heavy atom. The van der Waals surface area contributed by atoms with Gasteiger partial charge in [0.05, 0.1) is 22.3 Å². The van der Waals surface area contributed by atoms with Gasteiger partial charge in [-0.05, 0) is 35.4 Å². The first-order valence-electron chi connectivity index (χ1n) is 9.17. The number of rotatable bonds is 9. The highest BCUT2D eigenvalue weighted by molar-refractivity contribution is 6.37. The lowest BCUT2D eigenvalue weighted by molar-refractivity contribution is -0.136. The third kappa shape index (κ3) is 5.99. The molecule has 0 saturated carbocycles. The molecular weight excluding hydrogens is 425 g/mol. The number of aliphatic carboxylic acids is 1. The number of pyridine rings is 1. The molecule has 30 heavy (non-hydrogen) atoms. The molecule has 0 aliphatic carbocycles. The van der Waals surface area contributed by atoms with Gasteiger partial charge in [-0.3, -0.25) is 4.98 Å². The van der Waals surface area contributed by atoms with Gasteiger partial charge in [0.1, 0.15) is 6.61 Å². The molecule has 0 aliphatic rings. The highest BCUT2D eigenvalue weighted by Gasteiger charge is 2.12. The average Bonchev–Trinajstić information content (AvgIpc) is 2.74. The fraction of sp³-hybridized carbons (Fsp3) is 0.130. The van der Waals surface area contributed by atoms with Crippen LogP contribution in [0.3, 0.4) is 0 Å². The number of carbonyl (C=O) groups is 1. The third-order valence-corrected chi connectivity index (χ3v) is 4.81. The second kappa shape index (κ2) is 10.7. The molecule has 0 aliphatic heterocycles. The number of carboxylic acid groups (broad SMARTS) is 1. The van der Waals surface area contributed by atoms with Gasteiger partial charge in [0.2, 0.25) is 5.76 Å². The van der Waals surface area contributed by atoms with Crippen molar-refractivity contribution in [2.45, 2.75) is 13.0 Å². The van der Waals surface area contributed by atoms with E-state index in [1.165, 1.54) is 6.08 Å². The second-order valence-electron chi connectivity index (χ2n) is 6.27. The van der Waals surface area contributed by atoms with Gasteiger partial charge in [0.15, 0.2) is 5.75 Å². The van der Waals surface area contributed by atoms with Crippen LogP contribution < -0.4 is 4.74 Å². The van der Waals surface area contributed by atoms with Gasteiger partial charge in [-0.2, -0.15) is 0 Å². The first-order valence-corrected chi connectivity index (χ1v) is 9.92. The maximum Gasteiger partial charge on any atom is 0.371 e. The Labute approximate surface area is 184 Å². The Morgan fingerprint density at radius 3 is 2.33 bits per heavy atom. The van der Waals surface area contributed by atoms with Crippen LogP contribution in [0.15, 0.2) is 72.6 Å². The summed E-state index contributed by atoms with van der Waals surface area (Å²) >= 11 is 12.3. The summed E-state index contributed by atoms with van der Waals surface area (Å²) < 4.78 is 11.3. The molecule has 5 nitrogen and oxygen atoms in total. The summed E-state index contributed by atoms with van der Waals surface area (Å²) in [6.07, 6.45) is 3.49. The monoisotopic (exact) mass is 443 g/mol. The Morgan fingerprint density at radius 1 is 0.967 bits per heavy atom. The molecule has 0 spiro atoms. The van der Waals surface area contributed by atoms with E-state index in [2.05, 4.69) is 4.98 Å². The number of carboxylic acids is 1. The van der Waals surface area contributed by atoms with E-state index in [0.29, 0.717) is 27.9 Å². The van der Waals surface area contributed by atoms with Crippen molar-refractivity contribution in [2.75, 3.05) is 6.61 Å². The van der Waals surface area contributed by atoms with Crippen LogP contribution in [0.5, 0.6) is 5.75 Å². The zero-order valence-corrected chi connectivity index (χ0v) is 17.4. The van der Waals surface area contributed by atoms with Crippen LogP contribution >= 0.6 is 23.2 Å². The highest BCUT2D eigenvalue weighted by Crippen LogP contribution is 2.33. The summed E-state index contributed by atoms with van der Waals surface area (Å²) in [6, 6.07) is 18.1. The predicted octanol–water partition coefficient (Wildman–Crippen LogP) is 5.65. The van der Waals surface area contributed by atoms with E-state index in [1.54, 1.807) is 42.6 Å². The van der Waals surface area contributed by atoms with Gasteiger partial charge in [0, 0.05) is 18.7 Å². The Bertz CT molecular complexity index is 1020. The quantitative estimate of drug-likeness (QED) is 0.341. The van der Waals surface area contributed by atoms with Gasteiger partial charge in [0.25, 0.3) is 0 Å². The summed E-state index contributed by atoms with van der Waals surface area (Å²) in [7, 11) is 0. The highest BCUT2D eigenvalue weighted by atomic mass is 35.5. The predicted molar refractivity (Wildman–Crippen MR) is 117 cm³/mol. The molecule has 1 N–H and O–H groups in total. The molecule has 0 fully saturated rings. The summed E-state index contributed by atoms with van der Waals surface area (Å²) in [5.41, 5.74) is 2.42. The van der Waals surface area contributed by atoms with E-state index in [1.807, 2.05) is 24.3 Å². The van der Waals surface area contributed by atoms with Crippen molar-refractivity contribution in [1.82, 2.24) is 4.98 Å². The lowest BCUT2D eigenvalue weighted by atomic mass is 10.1. The summed E-state index contributed by atoms with van der Waals surface area (Å²) in [5, 5.41) is 10.3. The number of nitrogens with zero attached hydrogens (tertiary/aromatic N) is 1. The van der Waals surface area contributed by atoms with Crippen molar-refractivity contribution in [3.05, 3.63) is 99.5 Å². The SMILES string of the molecule is O=C(O)C(=Cc1ccccn1)OCCc1ccccc1COc1c(Cl)cccc1Cl. The van der Waals surface area contributed by atoms with Crippen molar-refractivity contribution in [1.29, 1.82) is 0 Å². The topological polar surface area (TPSA) is 68.7 Å². The molecule has 1 heterocycles. The fourth-order valence-electron chi connectivity index (χ4n) is 2.74. The minimum atomic E-state index is -1.15. The lowest BCUT2D eigenvalue weighted by Crippen LogP contribution is -2.09. The molecular formula is C23H19Cl2NO4. The van der Waals surface area contributed by atoms with Crippen LogP contribution in [0.4, 0.5) is 0 Å². The molecule has 1 aromatic heterocycles. The van der Waals surface area contributed by atoms with Crippen molar-refractivity contribution in [3.8, 4) is 5.75 Å². The van der Waals surface area contributed by atoms with Crippen molar-refractivity contribution < 1.29 is 19.4 Å². The van der Waals surface area contributed by atoms with Crippen LogP contribution in [0.1, 0.15) is 16.8 Å². The molecule has 0 bridgehead atoms. The number of hydrogen-bond acceptors (Lipinski definition) is 4. The number of ether oxygens (including phenoxy) is 2. The molecule has 0 radical (unpaired) electrons. The smallest absolute Gasteiger partial charge is 0.371 e. The number of hydrogen-bond donors (Lipinski definition) is 1. The van der Waals surface area contributed by atoms with E-state index in [0.717, 1.165) is 11.1 Å². The first-order chi connectivity index (χ1) is 14.5. The van der Waals surface area contributed by atoms with Crippen molar-refractivity contribution in [2.24, 2.45) is 0 Å². The molecule has 0 saturated heterocycles. The zero-order valence-electron chi connectivity index (χ0n) is 15.9. The van der Waals surface area contributed by atoms with Crippen LogP contribution in [0.2, 0.25) is 10.0 Å². The Balaban J connectivity index is 1.65. The Kier molecular flexibility index (Phi) is 7.71. The number of halogens is 2. The van der Waals surface area contributed by atoms with E-state index in [4.69, 9.17) is 32.7 Å². The molecule has 3 aromatic rings. The molecule has 154 valence electrons. The second-order valence-corrected chi connectivity index (χ2v) is 7.09. The number of aromatic nitrogens is 1. The van der Waals surface area contributed by atoms with Crippen LogP contribution in [-0.4, -0.2) is 22.7 Å². The summed E-state index contributed by atoms with van der Waals surface area (Å²) in [6.45, 7) is 0.462. The maximum absolute atomic E-state index is 11.5. The van der Waals surface area contributed by atoms with E-state index < -0.39 is 5.97 Å². The molecule has 0 amide bonds. The minimum Gasteiger partial charge on any atom is -0.486 e. The Hall–Kier alpha value is -3.02. The third-order valence-electron chi connectivity index (χ3n) is 4.22. The van der Waals surface area contributed by atoms with E-state index in [-0.39, 0.29) is 19.0 Å². The minimum absolute atomic E-state index is 0.162. The summed E-state index contributed by atoms with van der Waals surface area (Å²) in [4.78, 5) is 15.6. The van der Waals surface area contributed by atoms with Gasteiger partial charge >= 0.3 is 5.97 Å². The van der Waals surface area contributed by atoms with E-state index in [9.17, 15) is 9.90 Å². The summed E-state index contributed by atoms with van der Waals surface area (Å²) in [5.74, 6) is -0.880.